The van der Waals surface area contributed by atoms with Crippen LogP contribution < -0.4 is 5.32 Å². The number of hydrogen-bond acceptors (Lipinski definition) is 2. The summed E-state index contributed by atoms with van der Waals surface area (Å²) in [5.41, 5.74) is 1.27. The lowest BCUT2D eigenvalue weighted by Crippen LogP contribution is -2.17. The van der Waals surface area contributed by atoms with E-state index < -0.39 is 0 Å². The molecule has 3 heteroatoms. The molecule has 0 spiro atoms. The highest BCUT2D eigenvalue weighted by molar-refractivity contribution is 7.11. The molecule has 0 aliphatic rings. The molecule has 90 valence electrons. The van der Waals surface area contributed by atoms with Gasteiger partial charge in [0.15, 0.2) is 0 Å². The number of hydrogen-bond donors (Lipinski definition) is 1. The third-order valence-electron chi connectivity index (χ3n) is 2.75. The first-order valence-corrected chi connectivity index (χ1v) is 6.89. The molecule has 0 amide bonds. The summed E-state index contributed by atoms with van der Waals surface area (Å²) >= 11 is 7.72. The second-order valence-electron chi connectivity index (χ2n) is 4.17. The first-order valence-electron chi connectivity index (χ1n) is 5.69. The first kappa shape index (κ1) is 12.6. The zero-order valence-electron chi connectivity index (χ0n) is 10.0. The molecule has 0 aliphatic heterocycles. The molecule has 0 saturated heterocycles. The van der Waals surface area contributed by atoms with E-state index in [0.29, 0.717) is 6.04 Å². The lowest BCUT2D eigenvalue weighted by Gasteiger charge is -2.13. The summed E-state index contributed by atoms with van der Waals surface area (Å²) in [7, 11) is 0. The van der Waals surface area contributed by atoms with Crippen molar-refractivity contribution in [1.29, 1.82) is 0 Å². The molecule has 2 aromatic rings. The van der Waals surface area contributed by atoms with E-state index in [1.54, 1.807) is 0 Å². The van der Waals surface area contributed by atoms with Crippen LogP contribution in [-0.4, -0.2) is 0 Å². The van der Waals surface area contributed by atoms with Crippen molar-refractivity contribution in [3.63, 3.8) is 0 Å². The Morgan fingerprint density at radius 2 is 1.88 bits per heavy atom. The zero-order valence-corrected chi connectivity index (χ0v) is 11.6. The SMILES string of the molecule is Cc1ccc(CN[C@@H](C)c2ccc(Cl)cc2)s1. The predicted octanol–water partition coefficient (Wildman–Crippen LogP) is 4.56. The van der Waals surface area contributed by atoms with Crippen molar-refractivity contribution < 1.29 is 0 Å². The Labute approximate surface area is 111 Å². The molecule has 17 heavy (non-hydrogen) atoms. The Bertz CT molecular complexity index is 475. The number of halogens is 1. The number of rotatable bonds is 4. The van der Waals surface area contributed by atoms with Gasteiger partial charge in [0, 0.05) is 27.4 Å². The predicted molar refractivity (Wildman–Crippen MR) is 75.8 cm³/mol. The molecule has 1 heterocycles. The van der Waals surface area contributed by atoms with E-state index in [0.717, 1.165) is 11.6 Å². The Hall–Kier alpha value is -0.830. The lowest BCUT2D eigenvalue weighted by molar-refractivity contribution is 0.579. The van der Waals surface area contributed by atoms with Crippen LogP contribution in [0.1, 0.15) is 28.3 Å². The molecule has 1 aromatic heterocycles. The van der Waals surface area contributed by atoms with Crippen LogP contribution in [0.4, 0.5) is 0 Å². The van der Waals surface area contributed by atoms with Gasteiger partial charge < -0.3 is 5.32 Å². The highest BCUT2D eigenvalue weighted by atomic mass is 35.5. The molecule has 0 radical (unpaired) electrons. The van der Waals surface area contributed by atoms with Crippen LogP contribution >= 0.6 is 22.9 Å². The van der Waals surface area contributed by atoms with Crippen molar-refractivity contribution in [1.82, 2.24) is 5.32 Å². The fourth-order valence-electron chi connectivity index (χ4n) is 1.70. The van der Waals surface area contributed by atoms with Gasteiger partial charge in [0.25, 0.3) is 0 Å². The van der Waals surface area contributed by atoms with Gasteiger partial charge in [-0.25, -0.2) is 0 Å². The van der Waals surface area contributed by atoms with Crippen LogP contribution in [0, 0.1) is 6.92 Å². The molecule has 0 fully saturated rings. The highest BCUT2D eigenvalue weighted by Crippen LogP contribution is 2.19. The zero-order chi connectivity index (χ0) is 12.3. The number of nitrogens with one attached hydrogen (secondary N) is 1. The number of aryl methyl sites for hydroxylation is 1. The molecule has 1 aromatic carbocycles. The average molecular weight is 266 g/mol. The normalized spacial score (nSPS) is 12.6. The molecule has 1 N–H and O–H groups in total. The van der Waals surface area contributed by atoms with E-state index >= 15 is 0 Å². The highest BCUT2D eigenvalue weighted by Gasteiger charge is 2.05. The summed E-state index contributed by atoms with van der Waals surface area (Å²) < 4.78 is 0. The third kappa shape index (κ3) is 3.56. The second kappa shape index (κ2) is 5.67. The summed E-state index contributed by atoms with van der Waals surface area (Å²) in [5.74, 6) is 0. The monoisotopic (exact) mass is 265 g/mol. The van der Waals surface area contributed by atoms with Gasteiger partial charge in [-0.3, -0.25) is 0 Å². The van der Waals surface area contributed by atoms with Gasteiger partial charge in [-0.05, 0) is 43.7 Å². The largest absolute Gasteiger partial charge is 0.305 e. The van der Waals surface area contributed by atoms with Crippen molar-refractivity contribution in [3.8, 4) is 0 Å². The van der Waals surface area contributed by atoms with Gasteiger partial charge in [0.1, 0.15) is 0 Å². The van der Waals surface area contributed by atoms with Crippen molar-refractivity contribution in [2.45, 2.75) is 26.4 Å². The minimum Gasteiger partial charge on any atom is -0.305 e. The van der Waals surface area contributed by atoms with E-state index in [4.69, 9.17) is 11.6 Å². The van der Waals surface area contributed by atoms with Gasteiger partial charge in [0.2, 0.25) is 0 Å². The van der Waals surface area contributed by atoms with Gasteiger partial charge in [-0.2, -0.15) is 0 Å². The summed E-state index contributed by atoms with van der Waals surface area (Å²) in [6, 6.07) is 12.7. The van der Waals surface area contributed by atoms with E-state index in [1.807, 2.05) is 23.5 Å². The molecule has 1 atom stereocenters. The quantitative estimate of drug-likeness (QED) is 0.855. The maximum atomic E-state index is 5.87. The molecule has 0 aliphatic carbocycles. The van der Waals surface area contributed by atoms with Gasteiger partial charge in [0.05, 0.1) is 0 Å². The van der Waals surface area contributed by atoms with Crippen LogP contribution in [0.5, 0.6) is 0 Å². The van der Waals surface area contributed by atoms with Crippen molar-refractivity contribution in [2.24, 2.45) is 0 Å². The maximum Gasteiger partial charge on any atom is 0.0406 e. The van der Waals surface area contributed by atoms with Gasteiger partial charge >= 0.3 is 0 Å². The van der Waals surface area contributed by atoms with E-state index in [-0.39, 0.29) is 0 Å². The fraction of sp³-hybridized carbons (Fsp3) is 0.286. The second-order valence-corrected chi connectivity index (χ2v) is 5.98. The first-order chi connectivity index (χ1) is 8.15. The Morgan fingerprint density at radius 1 is 1.18 bits per heavy atom. The van der Waals surface area contributed by atoms with Crippen LogP contribution in [0.3, 0.4) is 0 Å². The van der Waals surface area contributed by atoms with E-state index in [9.17, 15) is 0 Å². The summed E-state index contributed by atoms with van der Waals surface area (Å²) in [6.45, 7) is 5.22. The minimum atomic E-state index is 0.342. The fourth-order valence-corrected chi connectivity index (χ4v) is 2.67. The molecular formula is C14H16ClNS. The topological polar surface area (TPSA) is 12.0 Å². The van der Waals surface area contributed by atoms with Crippen molar-refractivity contribution in [3.05, 3.63) is 56.7 Å². The van der Waals surface area contributed by atoms with Gasteiger partial charge in [-0.15, -0.1) is 11.3 Å². The molecular weight excluding hydrogens is 250 g/mol. The summed E-state index contributed by atoms with van der Waals surface area (Å²) in [5, 5.41) is 4.30. The standard InChI is InChI=1S/C14H16ClNS/c1-10-3-8-14(17-10)9-16-11(2)12-4-6-13(15)7-5-12/h3-8,11,16H,9H2,1-2H3/t11-/m0/s1. The van der Waals surface area contributed by atoms with Crippen molar-refractivity contribution >= 4 is 22.9 Å². The van der Waals surface area contributed by atoms with E-state index in [2.05, 4.69) is 43.4 Å². The minimum absolute atomic E-state index is 0.342. The lowest BCUT2D eigenvalue weighted by atomic mass is 10.1. The average Bonchev–Trinajstić information content (AvgIpc) is 2.73. The van der Waals surface area contributed by atoms with Crippen LogP contribution in [-0.2, 0) is 6.54 Å². The smallest absolute Gasteiger partial charge is 0.0406 e. The van der Waals surface area contributed by atoms with Crippen LogP contribution in [0.2, 0.25) is 5.02 Å². The summed E-state index contributed by atoms with van der Waals surface area (Å²) in [4.78, 5) is 2.74. The number of benzene rings is 1. The molecule has 0 bridgehead atoms. The maximum absolute atomic E-state index is 5.87. The molecule has 1 nitrogen and oxygen atoms in total. The van der Waals surface area contributed by atoms with Gasteiger partial charge in [-0.1, -0.05) is 23.7 Å². The Balaban J connectivity index is 1.93. The third-order valence-corrected chi connectivity index (χ3v) is 4.00. The van der Waals surface area contributed by atoms with Crippen LogP contribution in [0.15, 0.2) is 36.4 Å². The summed E-state index contributed by atoms with van der Waals surface area (Å²) in [6.07, 6.45) is 0. The van der Waals surface area contributed by atoms with Crippen LogP contribution in [0.25, 0.3) is 0 Å². The molecule has 0 saturated carbocycles. The van der Waals surface area contributed by atoms with E-state index in [1.165, 1.54) is 15.3 Å². The number of thiophene rings is 1. The van der Waals surface area contributed by atoms with Crippen molar-refractivity contribution in [2.75, 3.05) is 0 Å². The molecule has 0 unspecified atom stereocenters. The Morgan fingerprint density at radius 3 is 2.47 bits per heavy atom. The Kier molecular flexibility index (Phi) is 4.21. The molecule has 2 rings (SSSR count).